The maximum Gasteiger partial charge on any atom is 0.125 e. The lowest BCUT2D eigenvalue weighted by molar-refractivity contribution is 0.195. The molecule has 1 saturated heterocycles. The van der Waals surface area contributed by atoms with Gasteiger partial charge >= 0.3 is 0 Å². The van der Waals surface area contributed by atoms with Crippen molar-refractivity contribution in [1.29, 1.82) is 0 Å². The Hall–Kier alpha value is -1.09. The predicted molar refractivity (Wildman–Crippen MR) is 81.8 cm³/mol. The Morgan fingerprint density at radius 3 is 3.05 bits per heavy atom. The van der Waals surface area contributed by atoms with Crippen molar-refractivity contribution in [2.75, 3.05) is 31.1 Å². The van der Waals surface area contributed by atoms with Crippen molar-refractivity contribution in [3.05, 3.63) is 29.6 Å². The third-order valence-corrected chi connectivity index (χ3v) is 4.91. The lowest BCUT2D eigenvalue weighted by atomic mass is 9.76. The molecule has 0 aliphatic carbocycles. The molecule has 3 rings (SSSR count). The van der Waals surface area contributed by atoms with Gasteiger partial charge in [-0.05, 0) is 49.9 Å². The van der Waals surface area contributed by atoms with Crippen LogP contribution in [0.3, 0.4) is 0 Å². The van der Waals surface area contributed by atoms with Crippen LogP contribution in [0.2, 0.25) is 0 Å². The number of hydrogen-bond donors (Lipinski definition) is 1. The molecule has 1 atom stereocenters. The van der Waals surface area contributed by atoms with Gasteiger partial charge in [-0.1, -0.05) is 19.4 Å². The summed E-state index contributed by atoms with van der Waals surface area (Å²) in [6, 6.07) is 5.26. The Bertz CT molecular complexity index is 461. The van der Waals surface area contributed by atoms with Crippen LogP contribution in [-0.2, 0) is 6.42 Å². The summed E-state index contributed by atoms with van der Waals surface area (Å²) in [6.07, 6.45) is 6.12. The van der Waals surface area contributed by atoms with Gasteiger partial charge in [0.15, 0.2) is 0 Å². The molecule has 110 valence electrons. The van der Waals surface area contributed by atoms with Crippen LogP contribution >= 0.6 is 0 Å². The Morgan fingerprint density at radius 2 is 2.30 bits per heavy atom. The predicted octanol–water partition coefficient (Wildman–Crippen LogP) is 3.36. The minimum atomic E-state index is -0.109. The summed E-state index contributed by atoms with van der Waals surface area (Å²) >= 11 is 0. The zero-order valence-electron chi connectivity index (χ0n) is 12.4. The van der Waals surface area contributed by atoms with Crippen LogP contribution in [0, 0.1) is 11.2 Å². The van der Waals surface area contributed by atoms with Crippen molar-refractivity contribution in [2.45, 2.75) is 39.0 Å². The first kappa shape index (κ1) is 13.9. The molecule has 2 aliphatic heterocycles. The molecule has 0 spiro atoms. The average molecular weight is 276 g/mol. The first-order valence-corrected chi connectivity index (χ1v) is 7.97. The monoisotopic (exact) mass is 276 g/mol. The van der Waals surface area contributed by atoms with E-state index in [0.717, 1.165) is 38.3 Å². The van der Waals surface area contributed by atoms with E-state index in [1.165, 1.54) is 31.2 Å². The summed E-state index contributed by atoms with van der Waals surface area (Å²) in [7, 11) is 0. The van der Waals surface area contributed by atoms with E-state index in [1.807, 2.05) is 6.07 Å². The minimum absolute atomic E-state index is 0.109. The molecule has 20 heavy (non-hydrogen) atoms. The maximum absolute atomic E-state index is 13.5. The van der Waals surface area contributed by atoms with E-state index < -0.39 is 0 Å². The molecular formula is C17H25FN2. The largest absolute Gasteiger partial charge is 0.370 e. The highest BCUT2D eigenvalue weighted by molar-refractivity contribution is 5.58. The van der Waals surface area contributed by atoms with Gasteiger partial charge < -0.3 is 10.2 Å². The van der Waals surface area contributed by atoms with Crippen molar-refractivity contribution in [1.82, 2.24) is 5.32 Å². The highest BCUT2D eigenvalue weighted by Gasteiger charge is 2.34. The molecule has 1 aromatic rings. The van der Waals surface area contributed by atoms with Gasteiger partial charge in [0.25, 0.3) is 0 Å². The standard InChI is InChI=1S/C17H25FN2/c1-2-7-17(8-3-9-19-12-17)13-20-10-6-14-4-5-15(18)11-16(14)20/h4-5,11,19H,2-3,6-10,12-13H2,1H3. The summed E-state index contributed by atoms with van der Waals surface area (Å²) in [5, 5.41) is 3.57. The number of halogens is 1. The van der Waals surface area contributed by atoms with Gasteiger partial charge in [-0.25, -0.2) is 4.39 Å². The zero-order valence-corrected chi connectivity index (χ0v) is 12.4. The molecule has 1 N–H and O–H groups in total. The summed E-state index contributed by atoms with van der Waals surface area (Å²) < 4.78 is 13.5. The van der Waals surface area contributed by atoms with Gasteiger partial charge in [-0.2, -0.15) is 0 Å². The van der Waals surface area contributed by atoms with Crippen LogP contribution in [0.5, 0.6) is 0 Å². The molecule has 1 unspecified atom stereocenters. The number of piperidine rings is 1. The van der Waals surface area contributed by atoms with Crippen molar-refractivity contribution >= 4 is 5.69 Å². The fraction of sp³-hybridized carbons (Fsp3) is 0.647. The zero-order chi connectivity index (χ0) is 14.0. The van der Waals surface area contributed by atoms with Crippen LogP contribution in [0.4, 0.5) is 10.1 Å². The quantitative estimate of drug-likeness (QED) is 0.907. The molecule has 1 aromatic carbocycles. The Labute approximate surface area is 121 Å². The van der Waals surface area contributed by atoms with Gasteiger partial charge in [0.05, 0.1) is 0 Å². The third-order valence-electron chi connectivity index (χ3n) is 4.91. The number of hydrogen-bond acceptors (Lipinski definition) is 2. The third kappa shape index (κ3) is 2.69. The summed E-state index contributed by atoms with van der Waals surface area (Å²) in [5.74, 6) is -0.109. The maximum atomic E-state index is 13.5. The average Bonchev–Trinajstić information content (AvgIpc) is 2.82. The van der Waals surface area contributed by atoms with E-state index in [4.69, 9.17) is 0 Å². The highest BCUT2D eigenvalue weighted by atomic mass is 19.1. The van der Waals surface area contributed by atoms with E-state index in [-0.39, 0.29) is 5.82 Å². The smallest absolute Gasteiger partial charge is 0.125 e. The van der Waals surface area contributed by atoms with Gasteiger partial charge in [0.2, 0.25) is 0 Å². The number of benzene rings is 1. The van der Waals surface area contributed by atoms with Crippen LogP contribution in [0.1, 0.15) is 38.2 Å². The SMILES string of the molecule is CCCC1(CN2CCc3ccc(F)cc32)CCCNC1. The number of nitrogens with one attached hydrogen (secondary N) is 1. The number of rotatable bonds is 4. The molecule has 1 fully saturated rings. The van der Waals surface area contributed by atoms with Crippen molar-refractivity contribution in [3.63, 3.8) is 0 Å². The highest BCUT2D eigenvalue weighted by Crippen LogP contribution is 2.37. The lowest BCUT2D eigenvalue weighted by Gasteiger charge is -2.41. The van der Waals surface area contributed by atoms with E-state index in [2.05, 4.69) is 17.1 Å². The molecule has 3 heteroatoms. The van der Waals surface area contributed by atoms with Gasteiger partial charge in [-0.15, -0.1) is 0 Å². The second kappa shape index (κ2) is 5.72. The van der Waals surface area contributed by atoms with Crippen LogP contribution < -0.4 is 10.2 Å². The fourth-order valence-corrected chi connectivity index (χ4v) is 3.98. The van der Waals surface area contributed by atoms with Crippen molar-refractivity contribution < 1.29 is 4.39 Å². The molecule has 2 nitrogen and oxygen atoms in total. The van der Waals surface area contributed by atoms with Crippen molar-refractivity contribution in [2.24, 2.45) is 5.41 Å². The van der Waals surface area contributed by atoms with Crippen LogP contribution in [0.25, 0.3) is 0 Å². The second-order valence-electron chi connectivity index (χ2n) is 6.47. The van der Waals surface area contributed by atoms with E-state index in [9.17, 15) is 4.39 Å². The summed E-state index contributed by atoms with van der Waals surface area (Å²) in [5.41, 5.74) is 2.81. The topological polar surface area (TPSA) is 15.3 Å². The number of fused-ring (bicyclic) bond motifs is 1. The van der Waals surface area contributed by atoms with Crippen LogP contribution in [0.15, 0.2) is 18.2 Å². The second-order valence-corrected chi connectivity index (χ2v) is 6.47. The molecule has 2 aliphatic rings. The Kier molecular flexibility index (Phi) is 3.97. The van der Waals surface area contributed by atoms with Gasteiger partial charge in [-0.3, -0.25) is 0 Å². The summed E-state index contributed by atoms with van der Waals surface area (Å²) in [6.45, 7) is 6.65. The molecular weight excluding hydrogens is 251 g/mol. The lowest BCUT2D eigenvalue weighted by Crippen LogP contribution is -2.47. The summed E-state index contributed by atoms with van der Waals surface area (Å²) in [4.78, 5) is 2.42. The molecule has 2 heterocycles. The molecule has 0 amide bonds. The van der Waals surface area contributed by atoms with E-state index >= 15 is 0 Å². The Morgan fingerprint density at radius 1 is 1.40 bits per heavy atom. The normalized spacial score (nSPS) is 25.8. The first-order valence-electron chi connectivity index (χ1n) is 7.97. The van der Waals surface area contributed by atoms with Gasteiger partial charge in [0.1, 0.15) is 5.82 Å². The molecule has 0 radical (unpaired) electrons. The fourth-order valence-electron chi connectivity index (χ4n) is 3.98. The first-order chi connectivity index (χ1) is 9.72. The van der Waals surface area contributed by atoms with Crippen LogP contribution in [-0.4, -0.2) is 26.2 Å². The number of nitrogens with zero attached hydrogens (tertiary/aromatic N) is 1. The molecule has 0 saturated carbocycles. The molecule has 0 aromatic heterocycles. The number of anilines is 1. The van der Waals surface area contributed by atoms with Crippen molar-refractivity contribution in [3.8, 4) is 0 Å². The molecule has 0 bridgehead atoms. The minimum Gasteiger partial charge on any atom is -0.370 e. The van der Waals surface area contributed by atoms with Gasteiger partial charge in [0, 0.05) is 30.7 Å². The Balaban J connectivity index is 1.79. The van der Waals surface area contributed by atoms with E-state index in [0.29, 0.717) is 5.41 Å². The van der Waals surface area contributed by atoms with E-state index in [1.54, 1.807) is 12.1 Å².